The zero-order valence-corrected chi connectivity index (χ0v) is 15.7. The Morgan fingerprint density at radius 3 is 2.70 bits per heavy atom. The summed E-state index contributed by atoms with van der Waals surface area (Å²) in [5.74, 6) is 3.04. The molecule has 2 amide bonds. The number of fused-ring (bicyclic) bond motifs is 3. The number of amides is 2. The molecule has 5 rings (SSSR count). The maximum Gasteiger partial charge on any atom is 0.332 e. The molecule has 0 saturated heterocycles. The van der Waals surface area contributed by atoms with Gasteiger partial charge in [-0.1, -0.05) is 50.1 Å². The van der Waals surface area contributed by atoms with Gasteiger partial charge in [0.15, 0.2) is 11.7 Å². The number of hydrogen-bond acceptors (Lipinski definition) is 3. The van der Waals surface area contributed by atoms with Crippen LogP contribution in [0, 0.1) is 0 Å². The maximum absolute atomic E-state index is 13.4. The molecule has 3 aliphatic rings. The highest BCUT2D eigenvalue weighted by Gasteiger charge is 2.45. The van der Waals surface area contributed by atoms with Crippen molar-refractivity contribution in [2.45, 2.75) is 51.0 Å². The van der Waals surface area contributed by atoms with Gasteiger partial charge in [0.05, 0.1) is 12.6 Å². The monoisotopic (exact) mass is 363 g/mol. The smallest absolute Gasteiger partial charge is 0.332 e. The predicted molar refractivity (Wildman–Crippen MR) is 105 cm³/mol. The average molecular weight is 363 g/mol. The Morgan fingerprint density at radius 2 is 1.96 bits per heavy atom. The van der Waals surface area contributed by atoms with Gasteiger partial charge in [0, 0.05) is 12.5 Å². The number of aromatic nitrogens is 2. The Balaban J connectivity index is 1.57. The number of aliphatic imine (C=N–C) groups is 1. The van der Waals surface area contributed by atoms with E-state index >= 15 is 0 Å². The second-order valence-corrected chi connectivity index (χ2v) is 7.70. The molecule has 0 bridgehead atoms. The molecular weight excluding hydrogens is 338 g/mol. The number of benzene rings is 1. The number of rotatable bonds is 4. The van der Waals surface area contributed by atoms with Gasteiger partial charge in [-0.3, -0.25) is 14.8 Å². The number of hydrogen-bond donors (Lipinski definition) is 1. The molecule has 1 unspecified atom stereocenters. The first kappa shape index (κ1) is 16.5. The van der Waals surface area contributed by atoms with E-state index in [0.29, 0.717) is 19.0 Å². The fourth-order valence-electron chi connectivity index (χ4n) is 4.60. The zero-order chi connectivity index (χ0) is 18.4. The van der Waals surface area contributed by atoms with E-state index in [4.69, 9.17) is 9.98 Å². The number of urea groups is 1. The van der Waals surface area contributed by atoms with Crippen molar-refractivity contribution >= 4 is 17.7 Å². The summed E-state index contributed by atoms with van der Waals surface area (Å²) < 4.78 is 0. The molecule has 2 aliphatic heterocycles. The van der Waals surface area contributed by atoms with Crippen molar-refractivity contribution in [3.63, 3.8) is 0 Å². The van der Waals surface area contributed by atoms with E-state index in [0.717, 1.165) is 35.2 Å². The van der Waals surface area contributed by atoms with Crippen LogP contribution in [-0.2, 0) is 0 Å². The molecule has 1 fully saturated rings. The Kier molecular flexibility index (Phi) is 3.99. The van der Waals surface area contributed by atoms with Gasteiger partial charge in [0.1, 0.15) is 11.5 Å². The van der Waals surface area contributed by atoms with Crippen molar-refractivity contribution in [3.8, 4) is 0 Å². The van der Waals surface area contributed by atoms with Crippen LogP contribution in [0.3, 0.4) is 0 Å². The number of carbonyl (C=O) groups excluding carboxylic acids is 1. The quantitative estimate of drug-likeness (QED) is 0.884. The number of imidazole rings is 1. The van der Waals surface area contributed by atoms with Crippen molar-refractivity contribution in [2.24, 2.45) is 4.99 Å². The summed E-state index contributed by atoms with van der Waals surface area (Å²) in [6, 6.07) is 10.2. The lowest BCUT2D eigenvalue weighted by atomic mass is 10.1. The van der Waals surface area contributed by atoms with E-state index in [1.54, 1.807) is 0 Å². The Hall–Kier alpha value is -2.63. The number of H-pyrrole nitrogens is 1. The third kappa shape index (κ3) is 2.58. The fourth-order valence-corrected chi connectivity index (χ4v) is 4.60. The third-order valence-corrected chi connectivity index (χ3v) is 5.95. The molecule has 27 heavy (non-hydrogen) atoms. The zero-order valence-electron chi connectivity index (χ0n) is 15.7. The highest BCUT2D eigenvalue weighted by atomic mass is 16.2. The molecule has 1 aliphatic carbocycles. The standard InChI is InChI=1S/C21H25N5O/c1-2-12-25-20-17(23-18(24-20)15-10-6-7-11-15)19-22-13-16(26(19)21(25)27)14-8-4-3-5-9-14/h3-5,8-9,15-16H,2,6-7,10-13H2,1H3,(H,23,24). The molecule has 1 atom stereocenters. The highest BCUT2D eigenvalue weighted by molar-refractivity contribution is 6.18. The van der Waals surface area contributed by atoms with E-state index in [1.165, 1.54) is 25.7 Å². The molecular formula is C21H25N5O. The van der Waals surface area contributed by atoms with Gasteiger partial charge in [0.25, 0.3) is 0 Å². The van der Waals surface area contributed by atoms with E-state index < -0.39 is 0 Å². The van der Waals surface area contributed by atoms with Gasteiger partial charge in [-0.2, -0.15) is 0 Å². The van der Waals surface area contributed by atoms with Gasteiger partial charge in [-0.05, 0) is 24.8 Å². The summed E-state index contributed by atoms with van der Waals surface area (Å²) in [4.78, 5) is 30.3. The molecule has 1 aromatic carbocycles. The van der Waals surface area contributed by atoms with Crippen LogP contribution < -0.4 is 4.90 Å². The van der Waals surface area contributed by atoms with Gasteiger partial charge in [0.2, 0.25) is 0 Å². The van der Waals surface area contributed by atoms with Crippen molar-refractivity contribution in [3.05, 3.63) is 47.4 Å². The first-order valence-corrected chi connectivity index (χ1v) is 10.1. The highest BCUT2D eigenvalue weighted by Crippen LogP contribution is 2.40. The van der Waals surface area contributed by atoms with Crippen molar-refractivity contribution < 1.29 is 4.79 Å². The van der Waals surface area contributed by atoms with Crippen molar-refractivity contribution in [1.82, 2.24) is 14.9 Å². The second kappa shape index (κ2) is 6.51. The normalized spacial score (nSPS) is 22.2. The molecule has 1 aromatic heterocycles. The van der Waals surface area contributed by atoms with E-state index in [1.807, 2.05) is 28.0 Å². The second-order valence-electron chi connectivity index (χ2n) is 7.70. The molecule has 0 radical (unpaired) electrons. The number of nitrogens with one attached hydrogen (secondary N) is 1. The van der Waals surface area contributed by atoms with E-state index in [-0.39, 0.29) is 12.1 Å². The van der Waals surface area contributed by atoms with Gasteiger partial charge in [-0.25, -0.2) is 9.78 Å². The summed E-state index contributed by atoms with van der Waals surface area (Å²) in [7, 11) is 0. The van der Waals surface area contributed by atoms with Gasteiger partial charge in [-0.15, -0.1) is 0 Å². The number of carbonyl (C=O) groups is 1. The molecule has 140 valence electrons. The van der Waals surface area contributed by atoms with Crippen LogP contribution in [0.25, 0.3) is 0 Å². The molecule has 1 N–H and O–H groups in total. The van der Waals surface area contributed by atoms with Crippen LogP contribution in [0.1, 0.15) is 68.1 Å². The first-order chi connectivity index (χ1) is 13.3. The van der Waals surface area contributed by atoms with Crippen LogP contribution in [0.4, 0.5) is 10.6 Å². The lowest BCUT2D eigenvalue weighted by molar-refractivity contribution is 0.218. The first-order valence-electron chi connectivity index (χ1n) is 10.1. The van der Waals surface area contributed by atoms with Crippen LogP contribution in [0.2, 0.25) is 0 Å². The molecule has 6 nitrogen and oxygen atoms in total. The summed E-state index contributed by atoms with van der Waals surface area (Å²) in [5.41, 5.74) is 2.04. The lowest BCUT2D eigenvalue weighted by Gasteiger charge is -2.35. The van der Waals surface area contributed by atoms with Crippen molar-refractivity contribution in [2.75, 3.05) is 18.0 Å². The van der Waals surface area contributed by atoms with Gasteiger partial charge < -0.3 is 4.98 Å². The fraction of sp³-hybridized carbons (Fsp3) is 0.476. The van der Waals surface area contributed by atoms with Crippen LogP contribution >= 0.6 is 0 Å². The summed E-state index contributed by atoms with van der Waals surface area (Å²) in [6.07, 6.45) is 5.77. The number of aromatic amines is 1. The molecule has 0 spiro atoms. The predicted octanol–water partition coefficient (Wildman–Crippen LogP) is 4.22. The maximum atomic E-state index is 13.4. The largest absolute Gasteiger partial charge is 0.337 e. The lowest BCUT2D eigenvalue weighted by Crippen LogP contribution is -2.51. The molecule has 2 aromatic rings. The van der Waals surface area contributed by atoms with E-state index in [9.17, 15) is 4.79 Å². The van der Waals surface area contributed by atoms with Crippen LogP contribution in [-0.4, -0.2) is 39.8 Å². The minimum absolute atomic E-state index is 0.000995. The number of anilines is 1. The Morgan fingerprint density at radius 1 is 1.19 bits per heavy atom. The molecule has 1 saturated carbocycles. The molecule has 6 heteroatoms. The van der Waals surface area contributed by atoms with Crippen molar-refractivity contribution in [1.29, 1.82) is 0 Å². The number of amidine groups is 1. The number of nitrogens with zero attached hydrogens (tertiary/aromatic N) is 4. The minimum atomic E-state index is -0.0422. The Labute approximate surface area is 159 Å². The third-order valence-electron chi connectivity index (χ3n) is 5.95. The SMILES string of the molecule is CCCN1C(=O)N2C(=NCC2c2ccccc2)c2[nH]c(C3CCCC3)nc21. The van der Waals surface area contributed by atoms with Gasteiger partial charge >= 0.3 is 6.03 Å². The summed E-state index contributed by atoms with van der Waals surface area (Å²) in [5, 5.41) is 0. The molecule has 3 heterocycles. The average Bonchev–Trinajstić information content (AvgIpc) is 3.44. The van der Waals surface area contributed by atoms with Crippen LogP contribution in [0.5, 0.6) is 0 Å². The minimum Gasteiger partial charge on any atom is -0.337 e. The van der Waals surface area contributed by atoms with E-state index in [2.05, 4.69) is 24.0 Å². The Bertz CT molecular complexity index is 881. The topological polar surface area (TPSA) is 64.6 Å². The summed E-state index contributed by atoms with van der Waals surface area (Å²) in [6.45, 7) is 3.37. The summed E-state index contributed by atoms with van der Waals surface area (Å²) >= 11 is 0. The van der Waals surface area contributed by atoms with Crippen LogP contribution in [0.15, 0.2) is 35.3 Å².